The molecule has 3 unspecified atom stereocenters. The van der Waals surface area contributed by atoms with E-state index in [2.05, 4.69) is 30.3 Å². The van der Waals surface area contributed by atoms with Gasteiger partial charge in [-0.2, -0.15) is 0 Å². The summed E-state index contributed by atoms with van der Waals surface area (Å²) in [6.45, 7) is 6.57. The Bertz CT molecular complexity index is 329. The van der Waals surface area contributed by atoms with E-state index in [0.717, 1.165) is 5.92 Å². The number of aromatic nitrogens is 2. The molecule has 0 radical (unpaired) electrons. The summed E-state index contributed by atoms with van der Waals surface area (Å²) in [6.07, 6.45) is 6.43. The van der Waals surface area contributed by atoms with E-state index in [9.17, 15) is 0 Å². The molecule has 0 saturated heterocycles. The van der Waals surface area contributed by atoms with Crippen molar-refractivity contribution in [2.24, 2.45) is 17.6 Å². The number of nitrogens with zero attached hydrogens (tertiary/aromatic N) is 2. The van der Waals surface area contributed by atoms with Crippen LogP contribution in [0.4, 0.5) is 0 Å². The van der Waals surface area contributed by atoms with Crippen molar-refractivity contribution < 1.29 is 0 Å². The Labute approximate surface area is 91.7 Å². The zero-order valence-corrected chi connectivity index (χ0v) is 9.85. The predicted octanol–water partition coefficient (Wildman–Crippen LogP) is 2.51. The standard InChI is InChI=1S/C12H21N3/c1-4-9-5-10(9)15-7-14-6-11(15)12(13)8(2)3/h6-10,12H,4-5,13H2,1-3H3. The monoisotopic (exact) mass is 207 g/mol. The Hall–Kier alpha value is -0.830. The highest BCUT2D eigenvalue weighted by atomic mass is 15.1. The van der Waals surface area contributed by atoms with Crippen LogP contribution in [0.25, 0.3) is 0 Å². The van der Waals surface area contributed by atoms with Crippen molar-refractivity contribution in [1.82, 2.24) is 9.55 Å². The third-order valence-corrected chi connectivity index (χ3v) is 3.52. The van der Waals surface area contributed by atoms with Crippen LogP contribution in [0.1, 0.15) is 51.4 Å². The van der Waals surface area contributed by atoms with Crippen molar-refractivity contribution in [1.29, 1.82) is 0 Å². The van der Waals surface area contributed by atoms with Crippen LogP contribution in [-0.4, -0.2) is 9.55 Å². The second-order valence-electron chi connectivity index (χ2n) is 4.97. The lowest BCUT2D eigenvalue weighted by Gasteiger charge is -2.17. The number of hydrogen-bond donors (Lipinski definition) is 1. The van der Waals surface area contributed by atoms with E-state index < -0.39 is 0 Å². The maximum atomic E-state index is 6.17. The lowest BCUT2D eigenvalue weighted by molar-refractivity contribution is 0.473. The first-order valence-electron chi connectivity index (χ1n) is 5.92. The summed E-state index contributed by atoms with van der Waals surface area (Å²) in [5, 5.41) is 0. The van der Waals surface area contributed by atoms with Gasteiger partial charge in [0.2, 0.25) is 0 Å². The Morgan fingerprint density at radius 3 is 2.87 bits per heavy atom. The number of hydrogen-bond acceptors (Lipinski definition) is 2. The first kappa shape index (κ1) is 10.7. The van der Waals surface area contributed by atoms with E-state index in [1.807, 2.05) is 12.5 Å². The van der Waals surface area contributed by atoms with Gasteiger partial charge in [0.05, 0.1) is 12.0 Å². The molecule has 0 amide bonds. The van der Waals surface area contributed by atoms with Gasteiger partial charge in [0.15, 0.2) is 0 Å². The summed E-state index contributed by atoms with van der Waals surface area (Å²) in [5.41, 5.74) is 7.37. The van der Waals surface area contributed by atoms with Gasteiger partial charge in [-0.15, -0.1) is 0 Å². The zero-order valence-electron chi connectivity index (χ0n) is 9.85. The Morgan fingerprint density at radius 2 is 2.33 bits per heavy atom. The van der Waals surface area contributed by atoms with Gasteiger partial charge < -0.3 is 10.3 Å². The van der Waals surface area contributed by atoms with Crippen LogP contribution < -0.4 is 5.73 Å². The second-order valence-corrected chi connectivity index (χ2v) is 4.97. The lowest BCUT2D eigenvalue weighted by atomic mass is 10.0. The maximum absolute atomic E-state index is 6.17. The largest absolute Gasteiger partial charge is 0.330 e. The van der Waals surface area contributed by atoms with Gasteiger partial charge in [0.1, 0.15) is 0 Å². The van der Waals surface area contributed by atoms with Crippen molar-refractivity contribution >= 4 is 0 Å². The summed E-state index contributed by atoms with van der Waals surface area (Å²) in [7, 11) is 0. The summed E-state index contributed by atoms with van der Waals surface area (Å²) in [5.74, 6) is 1.32. The lowest BCUT2D eigenvalue weighted by Crippen LogP contribution is -2.20. The Balaban J connectivity index is 2.16. The molecule has 84 valence electrons. The van der Waals surface area contributed by atoms with Crippen LogP contribution in [0, 0.1) is 11.8 Å². The highest BCUT2D eigenvalue weighted by molar-refractivity contribution is 5.10. The fourth-order valence-electron chi connectivity index (χ4n) is 2.20. The quantitative estimate of drug-likeness (QED) is 0.824. The first-order chi connectivity index (χ1) is 7.15. The van der Waals surface area contributed by atoms with E-state index in [1.54, 1.807) is 0 Å². The number of nitrogens with two attached hydrogens (primary N) is 1. The molecule has 1 aliphatic rings. The summed E-state index contributed by atoms with van der Waals surface area (Å²) in [6, 6.07) is 0.780. The number of rotatable bonds is 4. The third kappa shape index (κ3) is 1.93. The average molecular weight is 207 g/mol. The van der Waals surface area contributed by atoms with Crippen LogP contribution in [0.3, 0.4) is 0 Å². The molecule has 0 spiro atoms. The van der Waals surface area contributed by atoms with Crippen molar-refractivity contribution in [2.45, 2.75) is 45.7 Å². The van der Waals surface area contributed by atoms with Crippen LogP contribution >= 0.6 is 0 Å². The van der Waals surface area contributed by atoms with E-state index in [4.69, 9.17) is 5.73 Å². The van der Waals surface area contributed by atoms with Crippen molar-refractivity contribution in [3.8, 4) is 0 Å². The fraction of sp³-hybridized carbons (Fsp3) is 0.750. The summed E-state index contributed by atoms with van der Waals surface area (Å²) >= 11 is 0. The molecule has 3 nitrogen and oxygen atoms in total. The van der Waals surface area contributed by atoms with Crippen LogP contribution in [0.2, 0.25) is 0 Å². The third-order valence-electron chi connectivity index (χ3n) is 3.52. The molecule has 1 aromatic rings. The molecule has 2 rings (SSSR count). The second kappa shape index (κ2) is 3.97. The maximum Gasteiger partial charge on any atom is 0.0951 e. The zero-order chi connectivity index (χ0) is 11.0. The minimum absolute atomic E-state index is 0.116. The van der Waals surface area contributed by atoms with Gasteiger partial charge in [0.25, 0.3) is 0 Å². The van der Waals surface area contributed by atoms with E-state index >= 15 is 0 Å². The molecule has 15 heavy (non-hydrogen) atoms. The molecule has 0 bridgehead atoms. The number of imidazole rings is 1. The predicted molar refractivity (Wildman–Crippen MR) is 61.4 cm³/mol. The summed E-state index contributed by atoms with van der Waals surface area (Å²) < 4.78 is 2.29. The first-order valence-corrected chi connectivity index (χ1v) is 5.92. The van der Waals surface area contributed by atoms with Gasteiger partial charge in [-0.1, -0.05) is 27.2 Å². The highest BCUT2D eigenvalue weighted by Gasteiger charge is 2.38. The van der Waals surface area contributed by atoms with Crippen LogP contribution in [0.5, 0.6) is 0 Å². The topological polar surface area (TPSA) is 43.8 Å². The van der Waals surface area contributed by atoms with Gasteiger partial charge in [-0.25, -0.2) is 4.98 Å². The smallest absolute Gasteiger partial charge is 0.0951 e. The van der Waals surface area contributed by atoms with Gasteiger partial charge in [0, 0.05) is 18.3 Å². The molecule has 3 heteroatoms. The minimum Gasteiger partial charge on any atom is -0.330 e. The van der Waals surface area contributed by atoms with E-state index in [0.29, 0.717) is 12.0 Å². The fourth-order valence-corrected chi connectivity index (χ4v) is 2.20. The molecule has 1 fully saturated rings. The molecular formula is C12H21N3. The molecule has 0 aliphatic heterocycles. The molecule has 1 aromatic heterocycles. The molecular weight excluding hydrogens is 186 g/mol. The van der Waals surface area contributed by atoms with Gasteiger partial charge in [-0.05, 0) is 18.3 Å². The van der Waals surface area contributed by atoms with Crippen molar-refractivity contribution in [3.63, 3.8) is 0 Å². The molecule has 1 saturated carbocycles. The van der Waals surface area contributed by atoms with E-state index in [-0.39, 0.29) is 6.04 Å². The molecule has 2 N–H and O–H groups in total. The molecule has 1 heterocycles. The average Bonchev–Trinajstić information content (AvgIpc) is 2.85. The van der Waals surface area contributed by atoms with E-state index in [1.165, 1.54) is 18.5 Å². The summed E-state index contributed by atoms with van der Waals surface area (Å²) in [4.78, 5) is 4.24. The highest BCUT2D eigenvalue weighted by Crippen LogP contribution is 2.46. The van der Waals surface area contributed by atoms with Gasteiger partial charge in [-0.3, -0.25) is 0 Å². The normalized spacial score (nSPS) is 27.0. The van der Waals surface area contributed by atoms with Crippen molar-refractivity contribution in [2.75, 3.05) is 0 Å². The molecule has 0 aromatic carbocycles. The minimum atomic E-state index is 0.116. The SMILES string of the molecule is CCC1CC1n1cncc1C(N)C(C)C. The molecule has 1 aliphatic carbocycles. The van der Waals surface area contributed by atoms with Crippen LogP contribution in [0.15, 0.2) is 12.5 Å². The van der Waals surface area contributed by atoms with Crippen molar-refractivity contribution in [3.05, 3.63) is 18.2 Å². The Morgan fingerprint density at radius 1 is 1.60 bits per heavy atom. The van der Waals surface area contributed by atoms with Gasteiger partial charge >= 0.3 is 0 Å². The molecule has 3 atom stereocenters. The van der Waals surface area contributed by atoms with Crippen LogP contribution in [-0.2, 0) is 0 Å². The Kier molecular flexibility index (Phi) is 2.83.